The van der Waals surface area contributed by atoms with Gasteiger partial charge in [0.1, 0.15) is 0 Å². The summed E-state index contributed by atoms with van der Waals surface area (Å²) < 4.78 is 5.48. The minimum absolute atomic E-state index is 0.379. The minimum Gasteiger partial charge on any atom is -0.384 e. The maximum atomic E-state index is 5.48. The summed E-state index contributed by atoms with van der Waals surface area (Å²) in [6.07, 6.45) is 1.15. The highest BCUT2D eigenvalue weighted by Gasteiger charge is 2.17. The molecule has 0 spiro atoms. The lowest BCUT2D eigenvalue weighted by Gasteiger charge is -2.24. The van der Waals surface area contributed by atoms with Gasteiger partial charge < -0.3 is 15.4 Å². The second-order valence-corrected chi connectivity index (χ2v) is 4.17. The molecule has 2 aliphatic rings. The lowest BCUT2D eigenvalue weighted by atomic mass is 10.0. The number of benzene rings is 1. The first kappa shape index (κ1) is 9.19. The second kappa shape index (κ2) is 3.83. The van der Waals surface area contributed by atoms with Gasteiger partial charge in [0.05, 0.1) is 19.3 Å². The number of hydrogen-bond acceptors (Lipinski definition) is 3. The van der Waals surface area contributed by atoms with E-state index in [-0.39, 0.29) is 0 Å². The molecule has 1 unspecified atom stereocenters. The molecule has 3 heteroatoms. The van der Waals surface area contributed by atoms with Crippen molar-refractivity contribution in [1.82, 2.24) is 5.32 Å². The monoisotopic (exact) mass is 204 g/mol. The van der Waals surface area contributed by atoms with Crippen molar-refractivity contribution in [3.8, 4) is 0 Å². The summed E-state index contributed by atoms with van der Waals surface area (Å²) in [5.74, 6) is 0. The van der Waals surface area contributed by atoms with Gasteiger partial charge in [-0.05, 0) is 23.6 Å². The van der Waals surface area contributed by atoms with E-state index in [0.29, 0.717) is 6.04 Å². The summed E-state index contributed by atoms with van der Waals surface area (Å²) in [7, 11) is 0. The van der Waals surface area contributed by atoms with Crippen molar-refractivity contribution < 1.29 is 4.74 Å². The van der Waals surface area contributed by atoms with Crippen LogP contribution in [0, 0.1) is 0 Å². The molecule has 2 heterocycles. The SMILES string of the molecule is c1cc2c(cc1C1COCCN1)CCN2. The molecule has 2 aliphatic heterocycles. The zero-order valence-corrected chi connectivity index (χ0v) is 8.75. The Balaban J connectivity index is 1.85. The predicted molar refractivity (Wildman–Crippen MR) is 60.2 cm³/mol. The smallest absolute Gasteiger partial charge is 0.0662 e. The Morgan fingerprint density at radius 2 is 2.27 bits per heavy atom. The van der Waals surface area contributed by atoms with Gasteiger partial charge in [-0.2, -0.15) is 0 Å². The van der Waals surface area contributed by atoms with Gasteiger partial charge in [-0.1, -0.05) is 12.1 Å². The summed E-state index contributed by atoms with van der Waals surface area (Å²) >= 11 is 0. The fourth-order valence-corrected chi connectivity index (χ4v) is 2.32. The summed E-state index contributed by atoms with van der Waals surface area (Å²) in [6.45, 7) is 3.67. The van der Waals surface area contributed by atoms with Crippen molar-refractivity contribution in [2.24, 2.45) is 0 Å². The standard InChI is InChI=1S/C12H16N2O/c1-2-11-10(3-4-13-11)7-9(1)12-8-15-6-5-14-12/h1-2,7,12-14H,3-6,8H2. The van der Waals surface area contributed by atoms with Gasteiger partial charge in [-0.25, -0.2) is 0 Å². The highest BCUT2D eigenvalue weighted by Crippen LogP contribution is 2.26. The lowest BCUT2D eigenvalue weighted by molar-refractivity contribution is 0.0769. The van der Waals surface area contributed by atoms with Crippen LogP contribution in [-0.2, 0) is 11.2 Å². The number of morpholine rings is 1. The van der Waals surface area contributed by atoms with E-state index in [1.807, 2.05) is 0 Å². The van der Waals surface area contributed by atoms with E-state index in [4.69, 9.17) is 4.74 Å². The fraction of sp³-hybridized carbons (Fsp3) is 0.500. The molecule has 0 aliphatic carbocycles. The molecular formula is C12H16N2O. The number of ether oxygens (including phenoxy) is 1. The molecule has 80 valence electrons. The van der Waals surface area contributed by atoms with Crippen LogP contribution in [0.5, 0.6) is 0 Å². The molecule has 2 N–H and O–H groups in total. The zero-order chi connectivity index (χ0) is 10.1. The first-order valence-electron chi connectivity index (χ1n) is 5.61. The summed E-state index contributed by atoms with van der Waals surface area (Å²) in [4.78, 5) is 0. The second-order valence-electron chi connectivity index (χ2n) is 4.17. The Hall–Kier alpha value is -1.06. The third-order valence-electron chi connectivity index (χ3n) is 3.16. The van der Waals surface area contributed by atoms with Crippen molar-refractivity contribution in [3.63, 3.8) is 0 Å². The van der Waals surface area contributed by atoms with Crippen molar-refractivity contribution >= 4 is 5.69 Å². The minimum atomic E-state index is 0.379. The predicted octanol–water partition coefficient (Wildman–Crippen LogP) is 1.32. The van der Waals surface area contributed by atoms with E-state index in [1.54, 1.807) is 0 Å². The third kappa shape index (κ3) is 1.73. The molecule has 1 aromatic carbocycles. The average Bonchev–Trinajstić information content (AvgIpc) is 2.77. The Bertz CT molecular complexity index is 359. The molecule has 0 saturated carbocycles. The van der Waals surface area contributed by atoms with Gasteiger partial charge in [0, 0.05) is 18.8 Å². The number of nitrogens with one attached hydrogen (secondary N) is 2. The Labute approximate surface area is 89.8 Å². The highest BCUT2D eigenvalue weighted by molar-refractivity contribution is 5.56. The van der Waals surface area contributed by atoms with Gasteiger partial charge >= 0.3 is 0 Å². The van der Waals surface area contributed by atoms with Gasteiger partial charge in [-0.15, -0.1) is 0 Å². The molecule has 1 fully saturated rings. The van der Waals surface area contributed by atoms with Gasteiger partial charge in [0.2, 0.25) is 0 Å². The van der Waals surface area contributed by atoms with E-state index >= 15 is 0 Å². The molecule has 1 atom stereocenters. The van der Waals surface area contributed by atoms with Gasteiger partial charge in [0.15, 0.2) is 0 Å². The molecule has 0 aromatic heterocycles. The Morgan fingerprint density at radius 3 is 3.13 bits per heavy atom. The van der Waals surface area contributed by atoms with Gasteiger partial charge in [0.25, 0.3) is 0 Å². The van der Waals surface area contributed by atoms with Crippen LogP contribution in [0.1, 0.15) is 17.2 Å². The summed E-state index contributed by atoms with van der Waals surface area (Å²) in [6, 6.07) is 7.07. The fourth-order valence-electron chi connectivity index (χ4n) is 2.32. The highest BCUT2D eigenvalue weighted by atomic mass is 16.5. The van der Waals surface area contributed by atoms with E-state index in [9.17, 15) is 0 Å². The largest absolute Gasteiger partial charge is 0.384 e. The van der Waals surface area contributed by atoms with E-state index in [1.165, 1.54) is 16.8 Å². The van der Waals surface area contributed by atoms with Crippen LogP contribution >= 0.6 is 0 Å². The number of rotatable bonds is 1. The van der Waals surface area contributed by atoms with Crippen molar-refractivity contribution in [1.29, 1.82) is 0 Å². The molecule has 15 heavy (non-hydrogen) atoms. The molecule has 0 radical (unpaired) electrons. The normalized spacial score (nSPS) is 24.7. The van der Waals surface area contributed by atoms with Gasteiger partial charge in [-0.3, -0.25) is 0 Å². The quantitative estimate of drug-likeness (QED) is 0.723. The van der Waals surface area contributed by atoms with Crippen LogP contribution in [0.15, 0.2) is 18.2 Å². The third-order valence-corrected chi connectivity index (χ3v) is 3.16. The van der Waals surface area contributed by atoms with Crippen LogP contribution in [0.2, 0.25) is 0 Å². The molecule has 1 aromatic rings. The summed E-state index contributed by atoms with van der Waals surface area (Å²) in [5.41, 5.74) is 4.10. The zero-order valence-electron chi connectivity index (χ0n) is 8.75. The van der Waals surface area contributed by atoms with Crippen molar-refractivity contribution in [3.05, 3.63) is 29.3 Å². The van der Waals surface area contributed by atoms with Crippen LogP contribution in [-0.4, -0.2) is 26.3 Å². The van der Waals surface area contributed by atoms with E-state index < -0.39 is 0 Å². The van der Waals surface area contributed by atoms with Crippen molar-refractivity contribution in [2.45, 2.75) is 12.5 Å². The van der Waals surface area contributed by atoms with Crippen LogP contribution in [0.4, 0.5) is 5.69 Å². The number of hydrogen-bond donors (Lipinski definition) is 2. The molecule has 0 bridgehead atoms. The first-order chi connectivity index (χ1) is 7.43. The van der Waals surface area contributed by atoms with Crippen molar-refractivity contribution in [2.75, 3.05) is 31.6 Å². The Morgan fingerprint density at radius 1 is 1.27 bits per heavy atom. The van der Waals surface area contributed by atoms with E-state index in [0.717, 1.165) is 32.7 Å². The Kier molecular flexibility index (Phi) is 2.35. The first-order valence-corrected chi connectivity index (χ1v) is 5.61. The molecule has 0 amide bonds. The topological polar surface area (TPSA) is 33.3 Å². The van der Waals surface area contributed by atoms with Crippen LogP contribution in [0.25, 0.3) is 0 Å². The maximum absolute atomic E-state index is 5.48. The lowest BCUT2D eigenvalue weighted by Crippen LogP contribution is -2.34. The van der Waals surface area contributed by atoms with Crippen LogP contribution < -0.4 is 10.6 Å². The average molecular weight is 204 g/mol. The molecule has 3 nitrogen and oxygen atoms in total. The number of fused-ring (bicyclic) bond motifs is 1. The van der Waals surface area contributed by atoms with E-state index in [2.05, 4.69) is 28.8 Å². The maximum Gasteiger partial charge on any atom is 0.0662 e. The summed E-state index contributed by atoms with van der Waals surface area (Å²) in [5, 5.41) is 6.86. The van der Waals surface area contributed by atoms with Crippen LogP contribution in [0.3, 0.4) is 0 Å². The number of anilines is 1. The molecule has 1 saturated heterocycles. The molecule has 3 rings (SSSR count). The molecular weight excluding hydrogens is 188 g/mol.